The molecule has 0 fully saturated rings. The zero-order chi connectivity index (χ0) is 15.4. The topological polar surface area (TPSA) is 63.8 Å². The number of hydrogen-bond donors (Lipinski definition) is 2. The maximum absolute atomic E-state index is 6.24. The first-order valence-corrected chi connectivity index (χ1v) is 7.54. The molecule has 1 aromatic heterocycles. The van der Waals surface area contributed by atoms with E-state index in [2.05, 4.69) is 15.6 Å². The molecular weight excluding hydrogens is 307 g/mol. The fraction of sp³-hybridized carbons (Fsp3) is 0.333. The Kier molecular flexibility index (Phi) is 5.53. The van der Waals surface area contributed by atoms with Gasteiger partial charge in [0.05, 0.1) is 17.4 Å². The van der Waals surface area contributed by atoms with E-state index in [9.17, 15) is 0 Å². The normalized spacial score (nSPS) is 12.4. The van der Waals surface area contributed by atoms with E-state index in [-0.39, 0.29) is 6.04 Å². The highest BCUT2D eigenvalue weighted by Gasteiger charge is 2.18. The lowest BCUT2D eigenvalue weighted by atomic mass is 9.97. The molecule has 2 aromatic rings. The molecule has 2 rings (SSSR count). The summed E-state index contributed by atoms with van der Waals surface area (Å²) in [6, 6.07) is 7.36. The molecule has 0 saturated heterocycles. The number of rotatable bonds is 5. The van der Waals surface area contributed by atoms with Gasteiger partial charge in [-0.25, -0.2) is 0 Å². The van der Waals surface area contributed by atoms with Crippen LogP contribution in [0.3, 0.4) is 0 Å². The number of nitrogens with one attached hydrogen (secondary N) is 1. The lowest BCUT2D eigenvalue weighted by molar-refractivity contribution is 0.542. The van der Waals surface area contributed by atoms with Gasteiger partial charge < -0.3 is 0 Å². The number of aromatic nitrogens is 2. The molecule has 0 spiro atoms. The summed E-state index contributed by atoms with van der Waals surface area (Å²) in [4.78, 5) is 0. The van der Waals surface area contributed by atoms with Crippen molar-refractivity contribution in [2.45, 2.75) is 32.7 Å². The van der Waals surface area contributed by atoms with Crippen molar-refractivity contribution in [2.24, 2.45) is 5.84 Å². The molecule has 0 aliphatic heterocycles. The predicted octanol–water partition coefficient (Wildman–Crippen LogP) is 3.40. The molecule has 3 N–H and O–H groups in total. The van der Waals surface area contributed by atoms with Gasteiger partial charge in [-0.15, -0.1) is 0 Å². The van der Waals surface area contributed by atoms with Crippen LogP contribution in [0, 0.1) is 6.92 Å². The number of aryl methyl sites for hydroxylation is 2. The molecule has 0 amide bonds. The Hall–Kier alpha value is -1.20. The quantitative estimate of drug-likeness (QED) is 0.653. The molecule has 1 heterocycles. The summed E-state index contributed by atoms with van der Waals surface area (Å²) in [6.07, 6.45) is 1.38. The van der Waals surface area contributed by atoms with E-state index in [0.717, 1.165) is 28.9 Å². The van der Waals surface area contributed by atoms with Crippen molar-refractivity contribution in [3.8, 4) is 0 Å². The second-order valence-corrected chi connectivity index (χ2v) is 5.68. The number of hydrogen-bond acceptors (Lipinski definition) is 4. The van der Waals surface area contributed by atoms with E-state index in [0.29, 0.717) is 16.5 Å². The molecule has 112 valence electrons. The van der Waals surface area contributed by atoms with E-state index in [1.54, 1.807) is 0 Å². The molecule has 0 aliphatic carbocycles. The molecule has 1 atom stereocenters. The molecule has 1 unspecified atom stereocenters. The van der Waals surface area contributed by atoms with Crippen molar-refractivity contribution in [3.05, 3.63) is 56.8 Å². The smallest absolute Gasteiger partial charge is 0.0676 e. The highest BCUT2D eigenvalue weighted by molar-refractivity contribution is 6.36. The first-order valence-electron chi connectivity index (χ1n) is 6.79. The van der Waals surface area contributed by atoms with Gasteiger partial charge in [0.15, 0.2) is 0 Å². The second kappa shape index (κ2) is 7.18. The van der Waals surface area contributed by atoms with Crippen molar-refractivity contribution in [1.82, 2.24) is 15.6 Å². The average molecular weight is 325 g/mol. The van der Waals surface area contributed by atoms with Crippen LogP contribution < -0.4 is 11.3 Å². The minimum atomic E-state index is -0.119. The van der Waals surface area contributed by atoms with Gasteiger partial charge in [0.2, 0.25) is 0 Å². The SMILES string of the molecule is CCc1nnc(C)cc1C(Cc1c(Cl)cccc1Cl)NN. The summed E-state index contributed by atoms with van der Waals surface area (Å²) in [7, 11) is 0. The van der Waals surface area contributed by atoms with Crippen LogP contribution in [0.25, 0.3) is 0 Å². The van der Waals surface area contributed by atoms with Crippen molar-refractivity contribution in [1.29, 1.82) is 0 Å². The van der Waals surface area contributed by atoms with Gasteiger partial charge >= 0.3 is 0 Å². The third kappa shape index (κ3) is 3.71. The Morgan fingerprint density at radius 2 is 1.90 bits per heavy atom. The highest BCUT2D eigenvalue weighted by atomic mass is 35.5. The molecule has 0 saturated carbocycles. The van der Waals surface area contributed by atoms with Gasteiger partial charge in [0, 0.05) is 10.0 Å². The van der Waals surface area contributed by atoms with Gasteiger partial charge in [-0.2, -0.15) is 10.2 Å². The Morgan fingerprint density at radius 1 is 1.24 bits per heavy atom. The van der Waals surface area contributed by atoms with Crippen LogP contribution in [0.4, 0.5) is 0 Å². The maximum Gasteiger partial charge on any atom is 0.0676 e. The number of nitrogens with two attached hydrogens (primary N) is 1. The van der Waals surface area contributed by atoms with Gasteiger partial charge in [-0.1, -0.05) is 36.2 Å². The van der Waals surface area contributed by atoms with Crippen LogP contribution in [0.1, 0.15) is 35.5 Å². The third-order valence-electron chi connectivity index (χ3n) is 3.41. The van der Waals surface area contributed by atoms with Crippen molar-refractivity contribution in [3.63, 3.8) is 0 Å². The minimum absolute atomic E-state index is 0.119. The average Bonchev–Trinajstić information content (AvgIpc) is 2.47. The van der Waals surface area contributed by atoms with Crippen molar-refractivity contribution >= 4 is 23.2 Å². The molecular formula is C15H18Cl2N4. The van der Waals surface area contributed by atoms with Gasteiger partial charge in [0.25, 0.3) is 0 Å². The number of hydrazine groups is 1. The largest absolute Gasteiger partial charge is 0.271 e. The van der Waals surface area contributed by atoms with E-state index in [1.165, 1.54) is 0 Å². The van der Waals surface area contributed by atoms with E-state index < -0.39 is 0 Å². The fourth-order valence-corrected chi connectivity index (χ4v) is 2.85. The highest BCUT2D eigenvalue weighted by Crippen LogP contribution is 2.30. The molecule has 0 bridgehead atoms. The Morgan fingerprint density at radius 3 is 2.48 bits per heavy atom. The fourth-order valence-electron chi connectivity index (χ4n) is 2.30. The number of halogens is 2. The van der Waals surface area contributed by atoms with E-state index >= 15 is 0 Å². The first-order chi connectivity index (χ1) is 10.1. The maximum atomic E-state index is 6.24. The van der Waals surface area contributed by atoms with Crippen LogP contribution in [0.5, 0.6) is 0 Å². The standard InChI is InChI=1S/C15H18Cl2N4/c1-3-14-11(7-9(2)20-21-14)15(19-18)8-10-12(16)5-4-6-13(10)17/h4-7,15,19H,3,8,18H2,1-2H3. The molecule has 1 aromatic carbocycles. The van der Waals surface area contributed by atoms with Gasteiger partial charge in [0.1, 0.15) is 0 Å². The molecule has 6 heteroatoms. The Balaban J connectivity index is 2.39. The second-order valence-electron chi connectivity index (χ2n) is 4.86. The lowest BCUT2D eigenvalue weighted by Gasteiger charge is -2.20. The zero-order valence-electron chi connectivity index (χ0n) is 12.0. The summed E-state index contributed by atoms with van der Waals surface area (Å²) in [5, 5.41) is 9.62. The van der Waals surface area contributed by atoms with Crippen LogP contribution in [0.15, 0.2) is 24.3 Å². The van der Waals surface area contributed by atoms with Crippen LogP contribution in [0.2, 0.25) is 10.0 Å². The monoisotopic (exact) mass is 324 g/mol. The summed E-state index contributed by atoms with van der Waals surface area (Å²) in [6.45, 7) is 3.95. The van der Waals surface area contributed by atoms with Crippen molar-refractivity contribution < 1.29 is 0 Å². The summed E-state index contributed by atoms with van der Waals surface area (Å²) in [5.74, 6) is 5.74. The zero-order valence-corrected chi connectivity index (χ0v) is 13.5. The first kappa shape index (κ1) is 16.2. The Labute approximate surface area is 134 Å². The van der Waals surface area contributed by atoms with Gasteiger partial charge in [-0.3, -0.25) is 11.3 Å². The number of nitrogens with zero attached hydrogens (tertiary/aromatic N) is 2. The summed E-state index contributed by atoms with van der Waals surface area (Å²) in [5.41, 5.74) is 6.52. The molecule has 0 radical (unpaired) electrons. The minimum Gasteiger partial charge on any atom is -0.271 e. The number of benzene rings is 1. The predicted molar refractivity (Wildman–Crippen MR) is 86.4 cm³/mol. The van der Waals surface area contributed by atoms with Crippen LogP contribution in [-0.4, -0.2) is 10.2 Å². The van der Waals surface area contributed by atoms with Crippen LogP contribution in [-0.2, 0) is 12.8 Å². The molecule has 21 heavy (non-hydrogen) atoms. The lowest BCUT2D eigenvalue weighted by Crippen LogP contribution is -2.31. The third-order valence-corrected chi connectivity index (χ3v) is 4.12. The summed E-state index contributed by atoms with van der Waals surface area (Å²) < 4.78 is 0. The van der Waals surface area contributed by atoms with Crippen LogP contribution >= 0.6 is 23.2 Å². The Bertz CT molecular complexity index is 611. The van der Waals surface area contributed by atoms with Gasteiger partial charge in [-0.05, 0) is 49.1 Å². The summed E-state index contributed by atoms with van der Waals surface area (Å²) >= 11 is 12.5. The molecule has 0 aliphatic rings. The van der Waals surface area contributed by atoms with E-state index in [4.69, 9.17) is 29.0 Å². The van der Waals surface area contributed by atoms with E-state index in [1.807, 2.05) is 38.1 Å². The molecule has 4 nitrogen and oxygen atoms in total. The van der Waals surface area contributed by atoms with Crippen molar-refractivity contribution in [2.75, 3.05) is 0 Å².